The lowest BCUT2D eigenvalue weighted by molar-refractivity contribution is 0.142. The standard InChI is InChI=1S/C27H28F2N8O2/c1-15-19(35-8-10-36(11-9-35)26(38)39)4-5-21(31-15)32-25-30-14-18(29)23(34-25)16-12-17(28)24-20(13-16)37-22(33-24)6-7-27(37,2)3/h4-5,12-14H,6-11H2,1-3H3,(H,38,39)(H,30,31,32,34). The van der Waals surface area contributed by atoms with Gasteiger partial charge in [-0.15, -0.1) is 0 Å². The molecule has 0 bridgehead atoms. The van der Waals surface area contributed by atoms with Crippen molar-refractivity contribution in [2.24, 2.45) is 0 Å². The number of hydrogen-bond donors (Lipinski definition) is 2. The summed E-state index contributed by atoms with van der Waals surface area (Å²) < 4.78 is 32.1. The average molecular weight is 535 g/mol. The van der Waals surface area contributed by atoms with Gasteiger partial charge in [0.2, 0.25) is 5.95 Å². The zero-order valence-electron chi connectivity index (χ0n) is 21.9. The molecule has 0 aliphatic carbocycles. The Labute approximate surface area is 223 Å². The van der Waals surface area contributed by atoms with Gasteiger partial charge >= 0.3 is 6.09 Å². The molecule has 0 saturated carbocycles. The Morgan fingerprint density at radius 2 is 1.82 bits per heavy atom. The van der Waals surface area contributed by atoms with Crippen molar-refractivity contribution in [1.29, 1.82) is 0 Å². The maximum absolute atomic E-state index is 15.1. The van der Waals surface area contributed by atoms with Gasteiger partial charge in [-0.05, 0) is 51.5 Å². The van der Waals surface area contributed by atoms with E-state index in [4.69, 9.17) is 0 Å². The van der Waals surface area contributed by atoms with Crippen molar-refractivity contribution in [3.8, 4) is 11.3 Å². The molecular formula is C27H28F2N8O2. The molecule has 2 N–H and O–H groups in total. The van der Waals surface area contributed by atoms with Crippen LogP contribution in [0.15, 0.2) is 30.5 Å². The molecule has 0 unspecified atom stereocenters. The van der Waals surface area contributed by atoms with Gasteiger partial charge in [-0.3, -0.25) is 0 Å². The van der Waals surface area contributed by atoms with Gasteiger partial charge in [0.25, 0.3) is 0 Å². The highest BCUT2D eigenvalue weighted by Crippen LogP contribution is 2.38. The molecular weight excluding hydrogens is 506 g/mol. The first-order valence-corrected chi connectivity index (χ1v) is 12.8. The van der Waals surface area contributed by atoms with E-state index in [-0.39, 0.29) is 22.7 Å². The zero-order chi connectivity index (χ0) is 27.5. The van der Waals surface area contributed by atoms with Crippen LogP contribution in [0.3, 0.4) is 0 Å². The molecule has 6 rings (SSSR count). The van der Waals surface area contributed by atoms with Gasteiger partial charge in [-0.2, -0.15) is 0 Å². The van der Waals surface area contributed by atoms with E-state index in [1.165, 1.54) is 11.0 Å². The van der Waals surface area contributed by atoms with E-state index < -0.39 is 17.7 Å². The highest BCUT2D eigenvalue weighted by Gasteiger charge is 2.33. The number of aromatic nitrogens is 5. The summed E-state index contributed by atoms with van der Waals surface area (Å²) in [6.45, 7) is 8.02. The fourth-order valence-electron chi connectivity index (χ4n) is 5.53. The first-order chi connectivity index (χ1) is 18.6. The summed E-state index contributed by atoms with van der Waals surface area (Å²) >= 11 is 0. The number of imidazole rings is 1. The van der Waals surface area contributed by atoms with Gasteiger partial charge in [0.05, 0.1) is 23.1 Å². The molecule has 1 fully saturated rings. The number of pyridine rings is 1. The number of hydrogen-bond acceptors (Lipinski definition) is 7. The second kappa shape index (κ2) is 9.14. The lowest BCUT2D eigenvalue weighted by Crippen LogP contribution is -2.48. The Bertz CT molecular complexity index is 1610. The fourth-order valence-corrected chi connectivity index (χ4v) is 5.53. The summed E-state index contributed by atoms with van der Waals surface area (Å²) in [6, 6.07) is 6.66. The zero-order valence-corrected chi connectivity index (χ0v) is 21.9. The third-order valence-electron chi connectivity index (χ3n) is 7.56. The number of carbonyl (C=O) groups is 1. The quantitative estimate of drug-likeness (QED) is 0.388. The molecule has 3 aromatic heterocycles. The number of amides is 1. The van der Waals surface area contributed by atoms with Gasteiger partial charge in [-0.25, -0.2) is 33.5 Å². The van der Waals surface area contributed by atoms with E-state index in [0.29, 0.717) is 43.1 Å². The van der Waals surface area contributed by atoms with Crippen LogP contribution in [0.1, 0.15) is 31.8 Å². The lowest BCUT2D eigenvalue weighted by Gasteiger charge is -2.35. The van der Waals surface area contributed by atoms with Crippen molar-refractivity contribution >= 4 is 34.6 Å². The van der Waals surface area contributed by atoms with Crippen molar-refractivity contribution in [1.82, 2.24) is 29.4 Å². The maximum Gasteiger partial charge on any atom is 0.407 e. The first-order valence-electron chi connectivity index (χ1n) is 12.8. The number of piperazine rings is 1. The average Bonchev–Trinajstić information content (AvgIpc) is 3.43. The van der Waals surface area contributed by atoms with E-state index >= 15 is 4.39 Å². The molecule has 2 aliphatic rings. The molecule has 0 radical (unpaired) electrons. The first kappa shape index (κ1) is 25.0. The molecule has 39 heavy (non-hydrogen) atoms. The number of halogens is 2. The molecule has 0 spiro atoms. The van der Waals surface area contributed by atoms with Crippen LogP contribution >= 0.6 is 0 Å². The van der Waals surface area contributed by atoms with Gasteiger partial charge in [0, 0.05) is 43.7 Å². The molecule has 1 amide bonds. The second-order valence-corrected chi connectivity index (χ2v) is 10.6. The van der Waals surface area contributed by atoms with Crippen LogP contribution < -0.4 is 10.2 Å². The summed E-state index contributed by atoms with van der Waals surface area (Å²) in [5.41, 5.74) is 2.61. The summed E-state index contributed by atoms with van der Waals surface area (Å²) in [5.74, 6) is 0.227. The molecule has 5 heterocycles. The summed E-state index contributed by atoms with van der Waals surface area (Å²) in [4.78, 5) is 32.2. The molecule has 0 atom stereocenters. The minimum Gasteiger partial charge on any atom is -0.465 e. The van der Waals surface area contributed by atoms with Crippen molar-refractivity contribution in [2.45, 2.75) is 39.2 Å². The van der Waals surface area contributed by atoms with Crippen molar-refractivity contribution < 1.29 is 18.7 Å². The number of aryl methyl sites for hydroxylation is 2. The van der Waals surface area contributed by atoms with Crippen LogP contribution in [0.2, 0.25) is 0 Å². The second-order valence-electron chi connectivity index (χ2n) is 10.6. The van der Waals surface area contributed by atoms with Gasteiger partial charge in [-0.1, -0.05) is 0 Å². The number of nitrogens with zero attached hydrogens (tertiary/aromatic N) is 7. The van der Waals surface area contributed by atoms with Crippen LogP contribution in [-0.4, -0.2) is 66.8 Å². The third kappa shape index (κ3) is 4.39. The van der Waals surface area contributed by atoms with Gasteiger partial charge in [0.15, 0.2) is 11.6 Å². The topological polar surface area (TPSA) is 112 Å². The number of fused-ring (bicyclic) bond motifs is 3. The minimum atomic E-state index is -0.914. The summed E-state index contributed by atoms with van der Waals surface area (Å²) in [5, 5.41) is 12.2. The van der Waals surface area contributed by atoms with Gasteiger partial charge in [0.1, 0.15) is 22.9 Å². The molecule has 1 saturated heterocycles. The van der Waals surface area contributed by atoms with Crippen LogP contribution in [0.5, 0.6) is 0 Å². The van der Waals surface area contributed by atoms with E-state index in [1.54, 1.807) is 12.1 Å². The molecule has 2 aliphatic heterocycles. The Morgan fingerprint density at radius 3 is 2.54 bits per heavy atom. The normalized spacial score (nSPS) is 16.5. The summed E-state index contributed by atoms with van der Waals surface area (Å²) in [7, 11) is 0. The molecule has 4 aromatic rings. The smallest absolute Gasteiger partial charge is 0.407 e. The number of nitrogens with one attached hydrogen (secondary N) is 1. The van der Waals surface area contributed by atoms with Crippen LogP contribution in [0, 0.1) is 18.6 Å². The van der Waals surface area contributed by atoms with Crippen molar-refractivity contribution in [2.75, 3.05) is 36.4 Å². The minimum absolute atomic E-state index is 0.0238. The SMILES string of the molecule is Cc1nc(Nc2ncc(F)c(-c3cc(F)c4nc5n(c4c3)C(C)(C)CC5)n2)ccc1N1CCN(C(=O)O)CC1. The number of rotatable bonds is 4. The van der Waals surface area contributed by atoms with Crippen LogP contribution in [0.4, 0.5) is 31.0 Å². The van der Waals surface area contributed by atoms with E-state index in [2.05, 4.69) is 44.0 Å². The van der Waals surface area contributed by atoms with E-state index in [1.807, 2.05) is 17.6 Å². The largest absolute Gasteiger partial charge is 0.465 e. The predicted octanol–water partition coefficient (Wildman–Crippen LogP) is 4.70. The lowest BCUT2D eigenvalue weighted by atomic mass is 10.0. The Balaban J connectivity index is 1.27. The van der Waals surface area contributed by atoms with Crippen LogP contribution in [0.25, 0.3) is 22.3 Å². The summed E-state index contributed by atoms with van der Waals surface area (Å²) in [6.07, 6.45) is 1.80. The Kier molecular flexibility index (Phi) is 5.85. The fraction of sp³-hybridized carbons (Fsp3) is 0.370. The van der Waals surface area contributed by atoms with E-state index in [9.17, 15) is 14.3 Å². The molecule has 202 valence electrons. The highest BCUT2D eigenvalue weighted by atomic mass is 19.1. The molecule has 1 aromatic carbocycles. The monoisotopic (exact) mass is 534 g/mol. The van der Waals surface area contributed by atoms with E-state index in [0.717, 1.165) is 36.2 Å². The number of anilines is 3. The Hall–Kier alpha value is -4.35. The predicted molar refractivity (Wildman–Crippen MR) is 142 cm³/mol. The van der Waals surface area contributed by atoms with Crippen LogP contribution in [-0.2, 0) is 12.0 Å². The molecule has 12 heteroatoms. The van der Waals surface area contributed by atoms with Gasteiger partial charge < -0.3 is 24.8 Å². The third-order valence-corrected chi connectivity index (χ3v) is 7.56. The number of benzene rings is 1. The molecule has 10 nitrogen and oxygen atoms in total. The highest BCUT2D eigenvalue weighted by molar-refractivity contribution is 5.83. The number of carboxylic acid groups (broad SMARTS) is 1. The van der Waals surface area contributed by atoms with Crippen molar-refractivity contribution in [3.05, 3.63) is 53.6 Å². The Morgan fingerprint density at radius 1 is 1.05 bits per heavy atom. The van der Waals surface area contributed by atoms with Crippen molar-refractivity contribution in [3.63, 3.8) is 0 Å². The maximum atomic E-state index is 15.1.